The Morgan fingerprint density at radius 1 is 1.27 bits per heavy atom. The van der Waals surface area contributed by atoms with E-state index in [0.29, 0.717) is 5.56 Å². The van der Waals surface area contributed by atoms with Gasteiger partial charge in [0, 0.05) is 18.1 Å². The topological polar surface area (TPSA) is 12.0 Å². The molecule has 0 atom stereocenters. The molecule has 0 aliphatic carbocycles. The first kappa shape index (κ1) is 9.54. The zero-order chi connectivity index (χ0) is 10.8. The Balaban J connectivity index is 2.95. The molecule has 0 heterocycles. The number of nitrogens with one attached hydrogen (secondary N) is 1. The van der Waals surface area contributed by atoms with Crippen LogP contribution in [0, 0.1) is 18.2 Å². The summed E-state index contributed by atoms with van der Waals surface area (Å²) in [5.74, 6) is 2.04. The molecule has 74 valence electrons. The molecule has 0 radical (unpaired) electrons. The molecule has 0 unspecified atom stereocenters. The molecule has 0 amide bonds. The van der Waals surface area contributed by atoms with Crippen molar-refractivity contribution in [1.82, 2.24) is 0 Å². The smallest absolute Gasteiger partial charge is 0.139 e. The predicted molar refractivity (Wildman–Crippen MR) is 61.4 cm³/mol. The van der Waals surface area contributed by atoms with Gasteiger partial charge in [-0.1, -0.05) is 24.1 Å². The Kier molecular flexibility index (Phi) is 2.31. The average Bonchev–Trinajstić information content (AvgIpc) is 2.28. The largest absolute Gasteiger partial charge is 0.388 e. The van der Waals surface area contributed by atoms with Crippen molar-refractivity contribution in [3.05, 3.63) is 41.7 Å². The molecule has 0 aliphatic rings. The number of benzene rings is 2. The Labute approximate surface area is 87.9 Å². The normalized spacial score (nSPS) is 9.93. The van der Waals surface area contributed by atoms with Gasteiger partial charge in [0.2, 0.25) is 0 Å². The molecule has 0 spiro atoms. The van der Waals surface area contributed by atoms with Crippen molar-refractivity contribution in [2.75, 3.05) is 12.4 Å². The van der Waals surface area contributed by atoms with Crippen molar-refractivity contribution in [3.8, 4) is 12.3 Å². The Hall–Kier alpha value is -2.01. The second-order valence-electron chi connectivity index (χ2n) is 3.22. The van der Waals surface area contributed by atoms with Crippen LogP contribution in [-0.4, -0.2) is 7.05 Å². The highest BCUT2D eigenvalue weighted by molar-refractivity contribution is 5.98. The fraction of sp³-hybridized carbons (Fsp3) is 0.0769. The number of hydrogen-bond donors (Lipinski definition) is 1. The zero-order valence-electron chi connectivity index (χ0n) is 8.34. The number of rotatable bonds is 1. The molecule has 1 N–H and O–H groups in total. The summed E-state index contributed by atoms with van der Waals surface area (Å²) < 4.78 is 13.5. The summed E-state index contributed by atoms with van der Waals surface area (Å²) in [6.07, 6.45) is 5.32. The molecule has 0 saturated heterocycles. The summed E-state index contributed by atoms with van der Waals surface area (Å²) in [6, 6.07) is 8.83. The number of halogens is 1. The van der Waals surface area contributed by atoms with Gasteiger partial charge in [0.15, 0.2) is 0 Å². The maximum absolute atomic E-state index is 13.5. The van der Waals surface area contributed by atoms with E-state index < -0.39 is 0 Å². The molecule has 0 aromatic heterocycles. The molecule has 2 aromatic rings. The highest BCUT2D eigenvalue weighted by Crippen LogP contribution is 2.27. The Bertz CT molecular complexity index is 552. The highest BCUT2D eigenvalue weighted by atomic mass is 19.1. The molecule has 0 aliphatic heterocycles. The second-order valence-corrected chi connectivity index (χ2v) is 3.22. The summed E-state index contributed by atoms with van der Waals surface area (Å²) in [5.41, 5.74) is 1.16. The monoisotopic (exact) mass is 199 g/mol. The molecule has 2 aromatic carbocycles. The van der Waals surface area contributed by atoms with Gasteiger partial charge in [0.1, 0.15) is 5.82 Å². The minimum absolute atomic E-state index is 0.317. The third-order valence-electron chi connectivity index (χ3n) is 2.41. The lowest BCUT2D eigenvalue weighted by atomic mass is 10.0. The SMILES string of the molecule is C#Cc1c(F)ccc2cccc(NC)c12. The maximum atomic E-state index is 13.5. The van der Waals surface area contributed by atoms with Gasteiger partial charge in [-0.25, -0.2) is 4.39 Å². The van der Waals surface area contributed by atoms with Gasteiger partial charge in [-0.2, -0.15) is 0 Å². The van der Waals surface area contributed by atoms with Gasteiger partial charge < -0.3 is 5.32 Å². The van der Waals surface area contributed by atoms with Crippen LogP contribution in [0.15, 0.2) is 30.3 Å². The van der Waals surface area contributed by atoms with Crippen LogP contribution in [0.3, 0.4) is 0 Å². The highest BCUT2D eigenvalue weighted by Gasteiger charge is 2.08. The number of fused-ring (bicyclic) bond motifs is 1. The van der Waals surface area contributed by atoms with E-state index in [1.165, 1.54) is 6.07 Å². The quantitative estimate of drug-likeness (QED) is 0.696. The maximum Gasteiger partial charge on any atom is 0.139 e. The first-order valence-electron chi connectivity index (χ1n) is 4.63. The molecule has 1 nitrogen and oxygen atoms in total. The van der Waals surface area contributed by atoms with E-state index in [1.807, 2.05) is 18.2 Å². The lowest BCUT2D eigenvalue weighted by molar-refractivity contribution is 0.626. The van der Waals surface area contributed by atoms with Crippen LogP contribution >= 0.6 is 0 Å². The van der Waals surface area contributed by atoms with Crippen molar-refractivity contribution < 1.29 is 4.39 Å². The predicted octanol–water partition coefficient (Wildman–Crippen LogP) is 3.00. The van der Waals surface area contributed by atoms with Crippen molar-refractivity contribution in [2.45, 2.75) is 0 Å². The second kappa shape index (κ2) is 3.62. The van der Waals surface area contributed by atoms with Crippen molar-refractivity contribution in [1.29, 1.82) is 0 Å². The van der Waals surface area contributed by atoms with E-state index in [9.17, 15) is 4.39 Å². The van der Waals surface area contributed by atoms with E-state index in [2.05, 4.69) is 11.2 Å². The third kappa shape index (κ3) is 1.42. The molecule has 0 saturated carbocycles. The zero-order valence-corrected chi connectivity index (χ0v) is 8.34. The standard InChI is InChI=1S/C13H10FN/c1-3-10-11(14)8-7-9-5-4-6-12(15-2)13(9)10/h1,4-8,15H,2H3. The van der Waals surface area contributed by atoms with Crippen LogP contribution in [0.2, 0.25) is 0 Å². The Morgan fingerprint density at radius 3 is 2.73 bits per heavy atom. The third-order valence-corrected chi connectivity index (χ3v) is 2.41. The number of terminal acetylenes is 1. The lowest BCUT2D eigenvalue weighted by Crippen LogP contribution is -1.93. The van der Waals surface area contributed by atoms with Crippen molar-refractivity contribution >= 4 is 16.5 Å². The molecule has 15 heavy (non-hydrogen) atoms. The lowest BCUT2D eigenvalue weighted by Gasteiger charge is -2.08. The summed E-state index contributed by atoms with van der Waals surface area (Å²) in [6.45, 7) is 0. The summed E-state index contributed by atoms with van der Waals surface area (Å²) in [5, 5.41) is 4.72. The van der Waals surface area contributed by atoms with E-state index in [4.69, 9.17) is 6.42 Å². The van der Waals surface area contributed by atoms with Crippen LogP contribution in [0.1, 0.15) is 5.56 Å². The average molecular weight is 199 g/mol. The number of hydrogen-bond acceptors (Lipinski definition) is 1. The van der Waals surface area contributed by atoms with Crippen LogP contribution in [0.5, 0.6) is 0 Å². The molecule has 0 bridgehead atoms. The minimum Gasteiger partial charge on any atom is -0.388 e. The van der Waals surface area contributed by atoms with Gasteiger partial charge >= 0.3 is 0 Å². The van der Waals surface area contributed by atoms with Gasteiger partial charge in [-0.05, 0) is 17.5 Å². The van der Waals surface area contributed by atoms with E-state index in [-0.39, 0.29) is 5.82 Å². The van der Waals surface area contributed by atoms with Gasteiger partial charge in [0.05, 0.1) is 5.56 Å². The van der Waals surface area contributed by atoms with Crippen molar-refractivity contribution in [2.24, 2.45) is 0 Å². The van der Waals surface area contributed by atoms with Crippen LogP contribution in [-0.2, 0) is 0 Å². The fourth-order valence-corrected chi connectivity index (χ4v) is 1.70. The molecular weight excluding hydrogens is 189 g/mol. The van der Waals surface area contributed by atoms with E-state index >= 15 is 0 Å². The van der Waals surface area contributed by atoms with Crippen LogP contribution in [0.4, 0.5) is 10.1 Å². The molecule has 2 rings (SSSR count). The minimum atomic E-state index is -0.354. The fourth-order valence-electron chi connectivity index (χ4n) is 1.70. The van der Waals surface area contributed by atoms with E-state index in [0.717, 1.165) is 16.5 Å². The molecular formula is C13H10FN. The summed E-state index contributed by atoms with van der Waals surface area (Å²) in [4.78, 5) is 0. The molecule has 2 heteroatoms. The van der Waals surface area contributed by atoms with Crippen molar-refractivity contribution in [3.63, 3.8) is 0 Å². The summed E-state index contributed by atoms with van der Waals surface area (Å²) in [7, 11) is 1.79. The van der Waals surface area contributed by atoms with Gasteiger partial charge in [-0.15, -0.1) is 6.42 Å². The summed E-state index contributed by atoms with van der Waals surface area (Å²) >= 11 is 0. The van der Waals surface area contributed by atoms with E-state index in [1.54, 1.807) is 13.1 Å². The first-order valence-corrected chi connectivity index (χ1v) is 4.63. The van der Waals surface area contributed by atoms with Gasteiger partial charge in [0.25, 0.3) is 0 Å². The first-order chi connectivity index (χ1) is 7.27. The van der Waals surface area contributed by atoms with Gasteiger partial charge in [-0.3, -0.25) is 0 Å². The number of anilines is 1. The Morgan fingerprint density at radius 2 is 2.07 bits per heavy atom. The van der Waals surface area contributed by atoms with Crippen LogP contribution in [0.25, 0.3) is 10.8 Å². The molecule has 0 fully saturated rings. The van der Waals surface area contributed by atoms with Crippen LogP contribution < -0.4 is 5.32 Å².